The molecule has 0 aliphatic carbocycles. The largest absolute Gasteiger partial charge is 0.481 e. The van der Waals surface area contributed by atoms with E-state index in [1.54, 1.807) is 29.2 Å². The molecule has 1 fully saturated rings. The lowest BCUT2D eigenvalue weighted by atomic mass is 9.78. The third-order valence-corrected chi connectivity index (χ3v) is 9.85. The molecule has 50 heavy (non-hydrogen) atoms. The average molecular weight is 712 g/mol. The maximum atomic E-state index is 13.8. The summed E-state index contributed by atoms with van der Waals surface area (Å²) < 4.78 is 42.1. The zero-order chi connectivity index (χ0) is 36.6. The van der Waals surface area contributed by atoms with Crippen molar-refractivity contribution in [3.05, 3.63) is 101 Å². The number of rotatable bonds is 18. The van der Waals surface area contributed by atoms with Crippen LogP contribution in [0.1, 0.15) is 73.4 Å². The van der Waals surface area contributed by atoms with Crippen molar-refractivity contribution in [3.8, 4) is 0 Å². The molecular formula is C37H42FNO10S. The lowest BCUT2D eigenvalue weighted by Crippen LogP contribution is -2.55. The molecule has 4 rings (SSSR count). The number of carboxylic acids is 2. The number of β-lactam (4-membered cyclic amide) rings is 1. The first-order chi connectivity index (χ1) is 23.6. The van der Waals surface area contributed by atoms with Crippen molar-refractivity contribution in [2.75, 3.05) is 16.9 Å². The molecule has 1 heterocycles. The summed E-state index contributed by atoms with van der Waals surface area (Å²) in [5.74, 6) is -6.08. The van der Waals surface area contributed by atoms with Gasteiger partial charge in [0.25, 0.3) is 0 Å². The van der Waals surface area contributed by atoms with Gasteiger partial charge in [-0.2, -0.15) is 0 Å². The van der Waals surface area contributed by atoms with Gasteiger partial charge in [-0.1, -0.05) is 48.5 Å². The van der Waals surface area contributed by atoms with Gasteiger partial charge in [-0.3, -0.25) is 19.2 Å². The Labute approximate surface area is 290 Å². The molecule has 13 heteroatoms. The number of amides is 1. The van der Waals surface area contributed by atoms with Crippen LogP contribution in [-0.4, -0.2) is 65.7 Å². The van der Waals surface area contributed by atoms with Crippen molar-refractivity contribution >= 4 is 39.3 Å². The first kappa shape index (κ1) is 38.2. The molecule has 4 atom stereocenters. The van der Waals surface area contributed by atoms with Crippen molar-refractivity contribution in [1.82, 2.24) is 0 Å². The van der Waals surface area contributed by atoms with Crippen molar-refractivity contribution in [2.45, 2.75) is 70.1 Å². The quantitative estimate of drug-likeness (QED) is 0.0919. The number of esters is 1. The van der Waals surface area contributed by atoms with E-state index in [0.717, 1.165) is 22.9 Å². The van der Waals surface area contributed by atoms with E-state index in [-0.39, 0.29) is 30.5 Å². The number of ether oxygens (including phenoxy) is 1. The molecule has 1 aliphatic rings. The average Bonchev–Trinajstić information content (AvgIpc) is 3.04. The van der Waals surface area contributed by atoms with Gasteiger partial charge < -0.3 is 25.0 Å². The van der Waals surface area contributed by atoms with Crippen LogP contribution in [0.15, 0.2) is 72.8 Å². The van der Waals surface area contributed by atoms with E-state index in [1.807, 2.05) is 36.4 Å². The fourth-order valence-corrected chi connectivity index (χ4v) is 7.20. The first-order valence-electron chi connectivity index (χ1n) is 16.4. The highest BCUT2D eigenvalue weighted by Crippen LogP contribution is 2.46. The summed E-state index contributed by atoms with van der Waals surface area (Å²) in [6, 6.07) is 20.1. The number of benzene rings is 3. The number of aliphatic carboxylic acids is 2. The maximum Gasteiger partial charge on any atom is 0.317 e. The third kappa shape index (κ3) is 10.4. The number of aliphatic hydroxyl groups excluding tert-OH is 1. The van der Waals surface area contributed by atoms with Gasteiger partial charge in [-0.05, 0) is 91.5 Å². The Morgan fingerprint density at radius 1 is 0.860 bits per heavy atom. The Morgan fingerprint density at radius 2 is 1.44 bits per heavy atom. The predicted octanol–water partition coefficient (Wildman–Crippen LogP) is 5.06. The topological polar surface area (TPSA) is 176 Å². The van der Waals surface area contributed by atoms with Gasteiger partial charge in [0, 0.05) is 18.9 Å². The van der Waals surface area contributed by atoms with E-state index in [2.05, 4.69) is 0 Å². The first-order valence-corrected chi connectivity index (χ1v) is 18.4. The molecule has 3 aromatic rings. The number of anilines is 1. The zero-order valence-corrected chi connectivity index (χ0v) is 28.7. The number of carbonyl (C=O) groups is 4. The molecule has 0 radical (unpaired) electrons. The van der Waals surface area contributed by atoms with Gasteiger partial charge in [0.05, 0.1) is 23.8 Å². The molecule has 0 aromatic heterocycles. The standard InChI is InChI=1S/C37H42FNO10S/c1-23(40)49-33(26-13-15-28(38)16-14-26)21-20-31-34(27-11-6-24(7-12-27)4-3-5-32(36(43)44)37(45)46)39(35(31)42)29-17-8-25(9-18-29)10-19-30(41)22-50(2,47)48/h6-9,11-18,30-34,41H,3-5,10,19-22H2,1-2H3,(H,43,44)(H,45,46)/t30?,31-,33+,34-/m1/s1. The van der Waals surface area contributed by atoms with Crippen LogP contribution in [0.25, 0.3) is 0 Å². The van der Waals surface area contributed by atoms with Crippen LogP contribution in [0, 0.1) is 17.7 Å². The van der Waals surface area contributed by atoms with Crippen LogP contribution >= 0.6 is 0 Å². The molecule has 3 aromatic carbocycles. The van der Waals surface area contributed by atoms with Crippen LogP contribution in [0.5, 0.6) is 0 Å². The lowest BCUT2D eigenvalue weighted by molar-refractivity contribution is -0.155. The van der Waals surface area contributed by atoms with Crippen LogP contribution in [0.2, 0.25) is 0 Å². The fourth-order valence-electron chi connectivity index (χ4n) is 6.34. The third-order valence-electron chi connectivity index (χ3n) is 8.86. The molecule has 0 saturated carbocycles. The van der Waals surface area contributed by atoms with Crippen molar-refractivity contribution in [2.24, 2.45) is 11.8 Å². The monoisotopic (exact) mass is 711 g/mol. The number of halogens is 1. The van der Waals surface area contributed by atoms with Crippen molar-refractivity contribution < 1.29 is 52.0 Å². The molecule has 3 N–H and O–H groups in total. The van der Waals surface area contributed by atoms with Gasteiger partial charge in [0.1, 0.15) is 21.8 Å². The summed E-state index contributed by atoms with van der Waals surface area (Å²) in [6.45, 7) is 1.29. The molecule has 0 bridgehead atoms. The molecule has 1 amide bonds. The summed E-state index contributed by atoms with van der Waals surface area (Å²) in [7, 11) is -3.31. The second-order valence-electron chi connectivity index (χ2n) is 12.8. The van der Waals surface area contributed by atoms with E-state index in [4.69, 9.17) is 14.9 Å². The highest BCUT2D eigenvalue weighted by atomic mass is 32.2. The lowest BCUT2D eigenvalue weighted by Gasteiger charge is -2.48. The van der Waals surface area contributed by atoms with Gasteiger partial charge in [-0.15, -0.1) is 0 Å². The van der Waals surface area contributed by atoms with Crippen molar-refractivity contribution in [3.63, 3.8) is 0 Å². The molecule has 1 aliphatic heterocycles. The van der Waals surface area contributed by atoms with E-state index in [1.165, 1.54) is 19.1 Å². The van der Waals surface area contributed by atoms with Crippen LogP contribution in [-0.2, 0) is 46.6 Å². The molecular weight excluding hydrogens is 669 g/mol. The number of hydrogen-bond acceptors (Lipinski definition) is 8. The molecule has 0 spiro atoms. The van der Waals surface area contributed by atoms with Crippen LogP contribution < -0.4 is 4.90 Å². The van der Waals surface area contributed by atoms with Crippen molar-refractivity contribution in [1.29, 1.82) is 0 Å². The second kappa shape index (κ2) is 16.9. The number of aryl methyl sites for hydroxylation is 2. The summed E-state index contributed by atoms with van der Waals surface area (Å²) in [5, 5.41) is 28.4. The number of carbonyl (C=O) groups excluding carboxylic acids is 2. The Bertz CT molecular complexity index is 1750. The summed E-state index contributed by atoms with van der Waals surface area (Å²) in [6.07, 6.45) is 1.59. The smallest absolute Gasteiger partial charge is 0.317 e. The van der Waals surface area contributed by atoms with Gasteiger partial charge >= 0.3 is 17.9 Å². The second-order valence-corrected chi connectivity index (χ2v) is 15.0. The van der Waals surface area contributed by atoms with E-state index in [0.29, 0.717) is 43.4 Å². The number of hydrogen-bond donors (Lipinski definition) is 3. The van der Waals surface area contributed by atoms with Gasteiger partial charge in [-0.25, -0.2) is 12.8 Å². The molecule has 11 nitrogen and oxygen atoms in total. The fraction of sp³-hybridized carbons (Fsp3) is 0.405. The Balaban J connectivity index is 1.53. The minimum atomic E-state index is -3.31. The molecule has 1 unspecified atom stereocenters. The highest BCUT2D eigenvalue weighted by molar-refractivity contribution is 7.90. The van der Waals surface area contributed by atoms with Gasteiger partial charge in [0.15, 0.2) is 5.92 Å². The Hall–Kier alpha value is -4.62. The summed E-state index contributed by atoms with van der Waals surface area (Å²) >= 11 is 0. The van der Waals surface area contributed by atoms with Gasteiger partial charge in [0.2, 0.25) is 5.91 Å². The number of aliphatic hydroxyl groups is 1. The number of nitrogens with zero attached hydrogens (tertiary/aromatic N) is 1. The predicted molar refractivity (Wildman–Crippen MR) is 182 cm³/mol. The SMILES string of the molecule is CC(=O)O[C@@H](CC[C@H]1C(=O)N(c2ccc(CCC(O)CS(C)(=O)=O)cc2)[C@@H]1c1ccc(CCCC(C(=O)O)C(=O)O)cc1)c1ccc(F)cc1. The number of carboxylic acid groups (broad SMARTS) is 2. The number of sulfone groups is 1. The Kier molecular flexibility index (Phi) is 12.9. The normalized spacial score (nSPS) is 17.2. The van der Waals surface area contributed by atoms with Crippen LogP contribution in [0.3, 0.4) is 0 Å². The minimum Gasteiger partial charge on any atom is -0.481 e. The summed E-state index contributed by atoms with van der Waals surface area (Å²) in [4.78, 5) is 49.8. The van der Waals surface area contributed by atoms with E-state index >= 15 is 0 Å². The molecule has 268 valence electrons. The molecule has 1 saturated heterocycles. The summed E-state index contributed by atoms with van der Waals surface area (Å²) in [5.41, 5.74) is 3.83. The zero-order valence-electron chi connectivity index (χ0n) is 27.9. The Morgan fingerprint density at radius 3 is 2.00 bits per heavy atom. The maximum absolute atomic E-state index is 13.8. The highest BCUT2D eigenvalue weighted by Gasteiger charge is 2.48. The van der Waals surface area contributed by atoms with E-state index < -0.39 is 57.6 Å². The van der Waals surface area contributed by atoms with E-state index in [9.17, 15) is 37.1 Å². The minimum absolute atomic E-state index is 0.0103. The van der Waals surface area contributed by atoms with Crippen LogP contribution in [0.4, 0.5) is 10.1 Å².